The minimum atomic E-state index is -0.767. The van der Waals surface area contributed by atoms with E-state index in [0.29, 0.717) is 42.8 Å². The third-order valence-corrected chi connectivity index (χ3v) is 8.67. The third kappa shape index (κ3) is 4.85. The number of ether oxygens (including phenoxy) is 2. The summed E-state index contributed by atoms with van der Waals surface area (Å²) in [4.78, 5) is 54.4. The normalized spacial score (nSPS) is 22.8. The van der Waals surface area contributed by atoms with Crippen molar-refractivity contribution in [1.29, 1.82) is 0 Å². The second-order valence-corrected chi connectivity index (χ2v) is 11.1. The van der Waals surface area contributed by atoms with Crippen LogP contribution in [0, 0.1) is 16.6 Å². The number of hydrogen-bond donors (Lipinski definition) is 3. The molecule has 1 aliphatic heterocycles. The molecule has 3 aromatic rings. The number of carbonyl (C=O) groups excluding carboxylic acids is 4. The molecule has 4 aliphatic rings. The molecule has 3 fully saturated rings. The zero-order valence-electron chi connectivity index (χ0n) is 22.4. The summed E-state index contributed by atoms with van der Waals surface area (Å²) in [7, 11) is 1.42. The fourth-order valence-corrected chi connectivity index (χ4v) is 6.14. The molecule has 7 rings (SSSR count). The SMILES string of the molecule is COC(=O)C12CCC(CNC(=O)c3cc(C(=O)NCc4ccc5c(c4)NC(=O)CO5)nc4c(F)cnn34)(CC1)CC2. The molecule has 3 amide bonds. The molecule has 2 aromatic heterocycles. The van der Waals surface area contributed by atoms with E-state index in [1.165, 1.54) is 13.2 Å². The lowest BCUT2D eigenvalue weighted by Crippen LogP contribution is -2.50. The number of anilines is 1. The second-order valence-electron chi connectivity index (χ2n) is 11.1. The van der Waals surface area contributed by atoms with Crippen molar-refractivity contribution in [1.82, 2.24) is 25.2 Å². The fraction of sp³-hybridized carbons (Fsp3) is 0.429. The summed E-state index contributed by atoms with van der Waals surface area (Å²) in [6.07, 6.45) is 5.45. The van der Waals surface area contributed by atoms with Gasteiger partial charge in [0.05, 0.1) is 24.4 Å². The Labute approximate surface area is 234 Å². The highest BCUT2D eigenvalue weighted by Gasteiger charge is 2.53. The zero-order chi connectivity index (χ0) is 28.8. The van der Waals surface area contributed by atoms with Gasteiger partial charge < -0.3 is 25.4 Å². The third-order valence-electron chi connectivity index (χ3n) is 8.67. The molecule has 2 bridgehead atoms. The predicted molar refractivity (Wildman–Crippen MR) is 142 cm³/mol. The van der Waals surface area contributed by atoms with Gasteiger partial charge in [-0.3, -0.25) is 19.2 Å². The van der Waals surface area contributed by atoms with Crippen LogP contribution in [0.4, 0.5) is 10.1 Å². The van der Waals surface area contributed by atoms with Gasteiger partial charge in [0, 0.05) is 19.2 Å². The molecule has 0 saturated heterocycles. The van der Waals surface area contributed by atoms with Crippen LogP contribution in [0.1, 0.15) is 65.1 Å². The number of aromatic nitrogens is 3. The Morgan fingerprint density at radius 2 is 1.85 bits per heavy atom. The van der Waals surface area contributed by atoms with Gasteiger partial charge in [-0.1, -0.05) is 6.07 Å². The van der Waals surface area contributed by atoms with E-state index in [1.54, 1.807) is 18.2 Å². The van der Waals surface area contributed by atoms with Crippen LogP contribution in [-0.2, 0) is 20.9 Å². The minimum Gasteiger partial charge on any atom is -0.482 e. The summed E-state index contributed by atoms with van der Waals surface area (Å²) in [6, 6.07) is 6.41. The van der Waals surface area contributed by atoms with E-state index < -0.39 is 23.0 Å². The Hall–Kier alpha value is -4.55. The maximum atomic E-state index is 14.5. The average molecular weight is 565 g/mol. The fourth-order valence-electron chi connectivity index (χ4n) is 6.14. The molecule has 3 aliphatic carbocycles. The number of esters is 1. The number of amides is 3. The van der Waals surface area contributed by atoms with Crippen LogP contribution in [0.15, 0.2) is 30.5 Å². The van der Waals surface area contributed by atoms with Gasteiger partial charge in [-0.05, 0) is 61.6 Å². The zero-order valence-corrected chi connectivity index (χ0v) is 22.4. The summed E-state index contributed by atoms with van der Waals surface area (Å²) in [6.45, 7) is 0.417. The number of carbonyl (C=O) groups is 4. The summed E-state index contributed by atoms with van der Waals surface area (Å²) < 4.78 is 26.0. The standard InChI is InChI=1S/C28H29FN6O6/c1-40-26(39)28-7-4-27(5-8-28,6-9-28)15-31-25(38)20-11-19(34-23-17(29)13-32-35(20)23)24(37)30-12-16-2-3-21-18(10-16)33-22(36)14-41-21/h2-3,10-11,13H,4-9,12,14-15H2,1H3,(H,30,37)(H,31,38)(H,33,36). The van der Waals surface area contributed by atoms with Crippen molar-refractivity contribution in [2.45, 2.75) is 45.1 Å². The lowest BCUT2D eigenvalue weighted by atomic mass is 9.53. The second kappa shape index (κ2) is 10.1. The molecular formula is C28H29FN6O6. The highest BCUT2D eigenvalue weighted by Crippen LogP contribution is 2.57. The number of hydrogen-bond acceptors (Lipinski definition) is 8. The molecule has 3 saturated carbocycles. The topological polar surface area (TPSA) is 153 Å². The Bertz CT molecular complexity index is 1560. The summed E-state index contributed by atoms with van der Waals surface area (Å²) in [5.41, 5.74) is 0.220. The first-order valence-electron chi connectivity index (χ1n) is 13.5. The van der Waals surface area contributed by atoms with Crippen molar-refractivity contribution in [2.24, 2.45) is 10.8 Å². The molecule has 41 heavy (non-hydrogen) atoms. The van der Waals surface area contributed by atoms with Crippen LogP contribution in [0.5, 0.6) is 5.75 Å². The number of rotatable bonds is 7. The van der Waals surface area contributed by atoms with Crippen molar-refractivity contribution in [3.63, 3.8) is 0 Å². The van der Waals surface area contributed by atoms with Crippen LogP contribution in [-0.4, -0.2) is 58.6 Å². The number of nitrogens with one attached hydrogen (secondary N) is 3. The average Bonchev–Trinajstić information content (AvgIpc) is 3.38. The molecule has 13 heteroatoms. The first-order valence-corrected chi connectivity index (χ1v) is 13.5. The lowest BCUT2D eigenvalue weighted by molar-refractivity contribution is -0.162. The predicted octanol–water partition coefficient (Wildman–Crippen LogP) is 2.37. The monoisotopic (exact) mass is 564 g/mol. The van der Waals surface area contributed by atoms with Crippen LogP contribution in [0.2, 0.25) is 0 Å². The summed E-state index contributed by atoms with van der Waals surface area (Å²) in [5.74, 6) is -1.79. The number of methoxy groups -OCH3 is 1. The van der Waals surface area contributed by atoms with E-state index in [1.807, 2.05) is 0 Å². The van der Waals surface area contributed by atoms with E-state index in [0.717, 1.165) is 30.0 Å². The highest BCUT2D eigenvalue weighted by molar-refractivity contribution is 5.98. The quantitative estimate of drug-likeness (QED) is 0.370. The van der Waals surface area contributed by atoms with E-state index in [2.05, 4.69) is 26.0 Å². The number of nitrogens with zero attached hydrogens (tertiary/aromatic N) is 3. The van der Waals surface area contributed by atoms with Crippen molar-refractivity contribution in [3.8, 4) is 5.75 Å². The maximum Gasteiger partial charge on any atom is 0.311 e. The molecule has 0 unspecified atom stereocenters. The lowest BCUT2D eigenvalue weighted by Gasteiger charge is -2.51. The van der Waals surface area contributed by atoms with Gasteiger partial charge in [0.1, 0.15) is 17.1 Å². The summed E-state index contributed by atoms with van der Waals surface area (Å²) >= 11 is 0. The number of fused-ring (bicyclic) bond motifs is 5. The van der Waals surface area contributed by atoms with E-state index in [-0.39, 0.29) is 47.5 Å². The van der Waals surface area contributed by atoms with Gasteiger partial charge in [0.25, 0.3) is 17.7 Å². The molecule has 0 radical (unpaired) electrons. The molecule has 12 nitrogen and oxygen atoms in total. The van der Waals surface area contributed by atoms with Crippen LogP contribution >= 0.6 is 0 Å². The number of halogens is 1. The summed E-state index contributed by atoms with van der Waals surface area (Å²) in [5, 5.41) is 12.3. The van der Waals surface area contributed by atoms with Crippen LogP contribution in [0.3, 0.4) is 0 Å². The first-order chi connectivity index (χ1) is 19.7. The van der Waals surface area contributed by atoms with Gasteiger partial charge in [-0.25, -0.2) is 13.9 Å². The Balaban J connectivity index is 1.16. The molecular weight excluding hydrogens is 535 g/mol. The van der Waals surface area contributed by atoms with Crippen LogP contribution < -0.4 is 20.7 Å². The Kier molecular flexibility index (Phi) is 6.59. The molecule has 214 valence electrons. The van der Waals surface area contributed by atoms with Crippen molar-refractivity contribution in [2.75, 3.05) is 25.6 Å². The maximum absolute atomic E-state index is 14.5. The first kappa shape index (κ1) is 26.7. The molecule has 3 N–H and O–H groups in total. The van der Waals surface area contributed by atoms with Crippen LogP contribution in [0.25, 0.3) is 5.65 Å². The van der Waals surface area contributed by atoms with Gasteiger partial charge in [-0.15, -0.1) is 0 Å². The van der Waals surface area contributed by atoms with Gasteiger partial charge in [0.2, 0.25) is 0 Å². The van der Waals surface area contributed by atoms with Gasteiger partial charge in [-0.2, -0.15) is 5.10 Å². The molecule has 1 aromatic carbocycles. The van der Waals surface area contributed by atoms with Crippen molar-refractivity contribution >= 4 is 35.0 Å². The van der Waals surface area contributed by atoms with E-state index >= 15 is 0 Å². The largest absolute Gasteiger partial charge is 0.482 e. The molecule has 0 atom stereocenters. The molecule has 3 heterocycles. The van der Waals surface area contributed by atoms with Gasteiger partial charge in [0.15, 0.2) is 18.1 Å². The van der Waals surface area contributed by atoms with Crippen molar-refractivity contribution < 1.29 is 33.0 Å². The van der Waals surface area contributed by atoms with Gasteiger partial charge >= 0.3 is 5.97 Å². The number of benzene rings is 1. The molecule has 0 spiro atoms. The van der Waals surface area contributed by atoms with E-state index in [9.17, 15) is 23.6 Å². The smallest absolute Gasteiger partial charge is 0.311 e. The Morgan fingerprint density at radius 3 is 2.59 bits per heavy atom. The van der Waals surface area contributed by atoms with Crippen molar-refractivity contribution in [3.05, 3.63) is 53.2 Å². The minimum absolute atomic E-state index is 0.0235. The van der Waals surface area contributed by atoms with E-state index in [4.69, 9.17) is 9.47 Å². The Morgan fingerprint density at radius 1 is 1.10 bits per heavy atom. The highest BCUT2D eigenvalue weighted by atomic mass is 19.1.